The summed E-state index contributed by atoms with van der Waals surface area (Å²) >= 11 is 1.91. The largest absolute Gasteiger partial charge is 0.339 e. The first-order chi connectivity index (χ1) is 12.1. The number of nitrogens with zero attached hydrogens (tertiary/aromatic N) is 3. The Morgan fingerprint density at radius 1 is 1.20 bits per heavy atom. The molecule has 2 aliphatic rings. The van der Waals surface area contributed by atoms with Crippen LogP contribution in [-0.2, 0) is 6.54 Å². The van der Waals surface area contributed by atoms with E-state index in [0.717, 1.165) is 32.5 Å². The van der Waals surface area contributed by atoms with Gasteiger partial charge < -0.3 is 4.90 Å². The van der Waals surface area contributed by atoms with Crippen molar-refractivity contribution in [1.82, 2.24) is 14.8 Å². The van der Waals surface area contributed by atoms with Crippen molar-refractivity contribution >= 4 is 17.2 Å². The summed E-state index contributed by atoms with van der Waals surface area (Å²) in [5.74, 6) is 0.131. The fourth-order valence-corrected chi connectivity index (χ4v) is 5.15. The van der Waals surface area contributed by atoms with Gasteiger partial charge in [-0.2, -0.15) is 0 Å². The molecule has 2 aromatic rings. The van der Waals surface area contributed by atoms with Crippen molar-refractivity contribution in [2.75, 3.05) is 26.2 Å². The lowest BCUT2D eigenvalue weighted by molar-refractivity contribution is 0.0587. The van der Waals surface area contributed by atoms with Gasteiger partial charge in [0.05, 0.1) is 5.56 Å². The molecule has 0 unspecified atom stereocenters. The summed E-state index contributed by atoms with van der Waals surface area (Å²) in [6, 6.07) is 8.17. The van der Waals surface area contributed by atoms with E-state index < -0.39 is 0 Å². The molecule has 2 aliphatic heterocycles. The molecule has 5 heteroatoms. The Hall–Kier alpha value is -1.72. The molecule has 1 amide bonds. The number of rotatable bonds is 3. The molecule has 132 valence electrons. The zero-order valence-electron chi connectivity index (χ0n) is 14.8. The second-order valence-corrected chi connectivity index (χ2v) is 8.88. The smallest absolute Gasteiger partial charge is 0.255 e. The maximum Gasteiger partial charge on any atom is 0.255 e. The quantitative estimate of drug-likeness (QED) is 0.844. The topological polar surface area (TPSA) is 36.4 Å². The third kappa shape index (κ3) is 3.62. The minimum absolute atomic E-state index is 0.131. The van der Waals surface area contributed by atoms with Crippen LogP contribution in [0.2, 0.25) is 0 Å². The number of aromatic nitrogens is 1. The number of carbonyl (C=O) groups excluding carboxylic acids is 1. The standard InChI is InChI=1S/C20H25N3OS/c1-16-4-5-18(25-16)14-22-10-6-20(15-22)7-11-23(12-8-20)19(24)17-3-2-9-21-13-17/h2-5,9,13H,6-8,10-12,14-15H2,1H3. The van der Waals surface area contributed by atoms with Crippen molar-refractivity contribution in [3.63, 3.8) is 0 Å². The van der Waals surface area contributed by atoms with E-state index in [2.05, 4.69) is 28.9 Å². The van der Waals surface area contributed by atoms with Crippen LogP contribution in [0.1, 0.15) is 39.4 Å². The molecule has 0 aromatic carbocycles. The lowest BCUT2D eigenvalue weighted by Gasteiger charge is -2.39. The zero-order chi connectivity index (χ0) is 17.3. The summed E-state index contributed by atoms with van der Waals surface area (Å²) in [5.41, 5.74) is 1.12. The Morgan fingerprint density at radius 3 is 2.68 bits per heavy atom. The molecule has 1 spiro atoms. The summed E-state index contributed by atoms with van der Waals surface area (Å²) in [5, 5.41) is 0. The number of thiophene rings is 1. The van der Waals surface area contributed by atoms with Gasteiger partial charge in [0.25, 0.3) is 5.91 Å². The molecule has 4 nitrogen and oxygen atoms in total. The lowest BCUT2D eigenvalue weighted by atomic mass is 9.77. The van der Waals surface area contributed by atoms with Crippen molar-refractivity contribution in [1.29, 1.82) is 0 Å². The van der Waals surface area contributed by atoms with Crippen LogP contribution in [0.4, 0.5) is 0 Å². The van der Waals surface area contributed by atoms with Gasteiger partial charge >= 0.3 is 0 Å². The fourth-order valence-electron chi connectivity index (χ4n) is 4.22. The van der Waals surface area contributed by atoms with E-state index in [4.69, 9.17) is 0 Å². The predicted molar refractivity (Wildman–Crippen MR) is 101 cm³/mol. The highest BCUT2D eigenvalue weighted by Gasteiger charge is 2.41. The summed E-state index contributed by atoms with van der Waals surface area (Å²) in [4.78, 5) is 24.1. The summed E-state index contributed by atoms with van der Waals surface area (Å²) in [7, 11) is 0. The number of piperidine rings is 1. The minimum atomic E-state index is 0.131. The molecule has 4 rings (SSSR count). The van der Waals surface area contributed by atoms with Crippen LogP contribution in [0.15, 0.2) is 36.7 Å². The van der Waals surface area contributed by atoms with Gasteiger partial charge in [-0.05, 0) is 62.4 Å². The maximum absolute atomic E-state index is 12.6. The van der Waals surface area contributed by atoms with Crippen LogP contribution in [0.5, 0.6) is 0 Å². The predicted octanol–water partition coefficient (Wildman–Crippen LogP) is 3.58. The van der Waals surface area contributed by atoms with Gasteiger partial charge in [-0.3, -0.25) is 14.7 Å². The molecule has 0 saturated carbocycles. The number of carbonyl (C=O) groups is 1. The summed E-state index contributed by atoms with van der Waals surface area (Å²) < 4.78 is 0. The normalized spacial score (nSPS) is 20.3. The second kappa shape index (κ2) is 6.89. The Bertz CT molecular complexity index is 734. The average molecular weight is 356 g/mol. The van der Waals surface area contributed by atoms with Gasteiger partial charge in [0.15, 0.2) is 0 Å². The number of pyridine rings is 1. The van der Waals surface area contributed by atoms with E-state index in [0.29, 0.717) is 11.0 Å². The minimum Gasteiger partial charge on any atom is -0.339 e. The summed E-state index contributed by atoms with van der Waals surface area (Å²) in [6.07, 6.45) is 6.90. The molecular formula is C20H25N3OS. The third-order valence-electron chi connectivity index (χ3n) is 5.71. The number of likely N-dealkylation sites (tertiary alicyclic amines) is 2. The third-order valence-corrected chi connectivity index (χ3v) is 6.70. The van der Waals surface area contributed by atoms with Crippen molar-refractivity contribution in [2.24, 2.45) is 5.41 Å². The Morgan fingerprint density at radius 2 is 2.00 bits per heavy atom. The molecule has 0 aliphatic carbocycles. The molecule has 0 atom stereocenters. The van der Waals surface area contributed by atoms with E-state index in [-0.39, 0.29) is 5.91 Å². The highest BCUT2D eigenvalue weighted by molar-refractivity contribution is 7.11. The fraction of sp³-hybridized carbons (Fsp3) is 0.500. The number of amides is 1. The Kier molecular flexibility index (Phi) is 4.61. The van der Waals surface area contributed by atoms with E-state index in [9.17, 15) is 4.79 Å². The molecule has 2 aromatic heterocycles. The number of aryl methyl sites for hydroxylation is 1. The Balaban J connectivity index is 1.33. The maximum atomic E-state index is 12.6. The average Bonchev–Trinajstić information content (AvgIpc) is 3.22. The van der Waals surface area contributed by atoms with Crippen LogP contribution in [0.25, 0.3) is 0 Å². The molecular weight excluding hydrogens is 330 g/mol. The highest BCUT2D eigenvalue weighted by Crippen LogP contribution is 2.41. The molecule has 2 fully saturated rings. The SMILES string of the molecule is Cc1ccc(CN2CCC3(CCN(C(=O)c4cccnc4)CC3)C2)s1. The first-order valence-corrected chi connectivity index (χ1v) is 9.92. The van der Waals surface area contributed by atoms with Gasteiger partial charge in [0, 0.05) is 48.3 Å². The number of hydrogen-bond donors (Lipinski definition) is 0. The second-order valence-electron chi connectivity index (χ2n) is 7.51. The molecule has 0 N–H and O–H groups in total. The van der Waals surface area contributed by atoms with Gasteiger partial charge in [-0.1, -0.05) is 0 Å². The van der Waals surface area contributed by atoms with E-state index >= 15 is 0 Å². The highest BCUT2D eigenvalue weighted by atomic mass is 32.1. The lowest BCUT2D eigenvalue weighted by Crippen LogP contribution is -2.44. The van der Waals surface area contributed by atoms with Gasteiger partial charge in [0.2, 0.25) is 0 Å². The van der Waals surface area contributed by atoms with E-state index in [1.807, 2.05) is 28.4 Å². The van der Waals surface area contributed by atoms with Gasteiger partial charge in [-0.25, -0.2) is 0 Å². The van der Waals surface area contributed by atoms with Crippen LogP contribution in [0.3, 0.4) is 0 Å². The van der Waals surface area contributed by atoms with Crippen LogP contribution in [0, 0.1) is 12.3 Å². The van der Waals surface area contributed by atoms with Crippen molar-refractivity contribution in [3.8, 4) is 0 Å². The van der Waals surface area contributed by atoms with Crippen molar-refractivity contribution in [2.45, 2.75) is 32.7 Å². The van der Waals surface area contributed by atoms with Crippen LogP contribution in [-0.4, -0.2) is 46.9 Å². The Labute approximate surface area is 153 Å². The summed E-state index contributed by atoms with van der Waals surface area (Å²) in [6.45, 7) is 7.37. The molecule has 2 saturated heterocycles. The van der Waals surface area contributed by atoms with Gasteiger partial charge in [-0.15, -0.1) is 11.3 Å². The van der Waals surface area contributed by atoms with E-state index in [1.165, 1.54) is 29.3 Å². The van der Waals surface area contributed by atoms with Crippen molar-refractivity contribution in [3.05, 3.63) is 52.0 Å². The molecule has 0 radical (unpaired) electrons. The molecule has 4 heterocycles. The number of hydrogen-bond acceptors (Lipinski definition) is 4. The zero-order valence-corrected chi connectivity index (χ0v) is 15.6. The van der Waals surface area contributed by atoms with Crippen LogP contribution >= 0.6 is 11.3 Å². The first-order valence-electron chi connectivity index (χ1n) is 9.11. The molecule has 0 bridgehead atoms. The monoisotopic (exact) mass is 355 g/mol. The van der Waals surface area contributed by atoms with Crippen LogP contribution < -0.4 is 0 Å². The molecule has 25 heavy (non-hydrogen) atoms. The van der Waals surface area contributed by atoms with Gasteiger partial charge in [0.1, 0.15) is 0 Å². The first kappa shape index (κ1) is 16.7. The van der Waals surface area contributed by atoms with Crippen molar-refractivity contribution < 1.29 is 4.79 Å². The van der Waals surface area contributed by atoms with E-state index in [1.54, 1.807) is 12.4 Å².